The molecule has 7 heteroatoms. The van der Waals surface area contributed by atoms with Crippen LogP contribution in [-0.2, 0) is 19.4 Å². The van der Waals surface area contributed by atoms with Gasteiger partial charge in [-0.2, -0.15) is 0 Å². The minimum Gasteiger partial charge on any atom is -0.480 e. The van der Waals surface area contributed by atoms with Gasteiger partial charge < -0.3 is 10.4 Å². The van der Waals surface area contributed by atoms with Gasteiger partial charge in [0.15, 0.2) is 9.84 Å². The average molecular weight is 265 g/mol. The molecule has 1 amide bonds. The van der Waals surface area contributed by atoms with Gasteiger partial charge in [-0.1, -0.05) is 13.8 Å². The van der Waals surface area contributed by atoms with Crippen LogP contribution in [0.2, 0.25) is 0 Å². The van der Waals surface area contributed by atoms with E-state index in [1.807, 2.05) is 0 Å². The molecule has 17 heavy (non-hydrogen) atoms. The lowest BCUT2D eigenvalue weighted by Crippen LogP contribution is -2.54. The fourth-order valence-electron chi connectivity index (χ4n) is 0.997. The van der Waals surface area contributed by atoms with Crippen LogP contribution in [0.1, 0.15) is 27.7 Å². The van der Waals surface area contributed by atoms with Crippen LogP contribution in [0.4, 0.5) is 0 Å². The summed E-state index contributed by atoms with van der Waals surface area (Å²) in [6.45, 7) is 5.76. The van der Waals surface area contributed by atoms with Crippen LogP contribution >= 0.6 is 0 Å². The number of carbonyl (C=O) groups is 2. The van der Waals surface area contributed by atoms with Gasteiger partial charge in [-0.3, -0.25) is 4.79 Å². The second-order valence-corrected chi connectivity index (χ2v) is 7.38. The van der Waals surface area contributed by atoms with Gasteiger partial charge in [0.2, 0.25) is 5.91 Å². The third-order valence-corrected chi connectivity index (χ3v) is 4.73. The van der Waals surface area contributed by atoms with Crippen molar-refractivity contribution in [2.45, 2.75) is 38.5 Å². The van der Waals surface area contributed by atoms with Gasteiger partial charge in [0.1, 0.15) is 10.8 Å². The highest BCUT2D eigenvalue weighted by atomic mass is 32.2. The Labute approximate surface area is 101 Å². The lowest BCUT2D eigenvalue weighted by atomic mass is 10.0. The summed E-state index contributed by atoms with van der Waals surface area (Å²) in [4.78, 5) is 22.7. The molecule has 0 rings (SSSR count). The van der Waals surface area contributed by atoms with Gasteiger partial charge in [0, 0.05) is 6.26 Å². The van der Waals surface area contributed by atoms with Gasteiger partial charge in [-0.25, -0.2) is 13.2 Å². The maximum atomic E-state index is 11.8. The quantitative estimate of drug-likeness (QED) is 0.730. The Bertz CT molecular complexity index is 410. The van der Waals surface area contributed by atoms with Crippen molar-refractivity contribution in [2.24, 2.45) is 5.92 Å². The molecule has 0 saturated heterocycles. The molecule has 0 aromatic rings. The highest BCUT2D eigenvalue weighted by molar-refractivity contribution is 7.92. The van der Waals surface area contributed by atoms with E-state index in [2.05, 4.69) is 5.32 Å². The van der Waals surface area contributed by atoms with Gasteiger partial charge in [-0.05, 0) is 19.8 Å². The highest BCUT2D eigenvalue weighted by Crippen LogP contribution is 2.16. The smallest absolute Gasteiger partial charge is 0.326 e. The Kier molecular flexibility index (Phi) is 4.70. The standard InChI is InChI=1S/C10H19NO5S/c1-6(2)7(8(12)13)11-9(14)10(3,4)17(5,15)16/h6-7H,1-5H3,(H,11,14)(H,12,13). The number of aliphatic carboxylic acids is 1. The highest BCUT2D eigenvalue weighted by Gasteiger charge is 2.40. The minimum atomic E-state index is -3.60. The monoisotopic (exact) mass is 265 g/mol. The zero-order valence-corrected chi connectivity index (χ0v) is 11.5. The molecule has 0 aliphatic heterocycles. The summed E-state index contributed by atoms with van der Waals surface area (Å²) in [6.07, 6.45) is 0.942. The van der Waals surface area contributed by atoms with Gasteiger partial charge in [-0.15, -0.1) is 0 Å². The first-order valence-corrected chi connectivity index (χ1v) is 7.03. The Balaban J connectivity index is 5.05. The Morgan fingerprint density at radius 3 is 1.88 bits per heavy atom. The molecule has 1 atom stereocenters. The van der Waals surface area contributed by atoms with E-state index in [-0.39, 0.29) is 5.92 Å². The number of nitrogens with one attached hydrogen (secondary N) is 1. The topological polar surface area (TPSA) is 101 Å². The summed E-state index contributed by atoms with van der Waals surface area (Å²) >= 11 is 0. The molecule has 1 unspecified atom stereocenters. The number of carbonyl (C=O) groups excluding carboxylic acids is 1. The van der Waals surface area contributed by atoms with Crippen LogP contribution in [0.3, 0.4) is 0 Å². The van der Waals surface area contributed by atoms with Crippen molar-refractivity contribution in [1.82, 2.24) is 5.32 Å². The van der Waals surface area contributed by atoms with Gasteiger partial charge in [0.05, 0.1) is 0 Å². The number of rotatable bonds is 5. The molecule has 6 nitrogen and oxygen atoms in total. The Hall–Kier alpha value is -1.11. The van der Waals surface area contributed by atoms with E-state index in [0.29, 0.717) is 0 Å². The molecular formula is C10H19NO5S. The third kappa shape index (κ3) is 3.69. The second-order valence-electron chi connectivity index (χ2n) is 4.82. The van der Waals surface area contributed by atoms with Crippen molar-refractivity contribution in [3.63, 3.8) is 0 Å². The molecule has 100 valence electrons. The maximum absolute atomic E-state index is 11.8. The first kappa shape index (κ1) is 15.9. The SMILES string of the molecule is CC(C)C(NC(=O)C(C)(C)S(C)(=O)=O)C(=O)O. The normalized spacial score (nSPS) is 14.5. The van der Waals surface area contributed by atoms with E-state index in [4.69, 9.17) is 5.11 Å². The molecule has 0 bridgehead atoms. The molecule has 0 aliphatic carbocycles. The summed E-state index contributed by atoms with van der Waals surface area (Å²) in [6, 6.07) is -1.09. The molecule has 0 heterocycles. The lowest BCUT2D eigenvalue weighted by molar-refractivity contribution is -0.143. The zero-order valence-electron chi connectivity index (χ0n) is 10.6. The fraction of sp³-hybridized carbons (Fsp3) is 0.800. The summed E-state index contributed by atoms with van der Waals surface area (Å²) in [7, 11) is -3.60. The van der Waals surface area contributed by atoms with Crippen LogP contribution in [0, 0.1) is 5.92 Å². The van der Waals surface area contributed by atoms with Crippen molar-refractivity contribution < 1.29 is 23.1 Å². The second kappa shape index (κ2) is 5.03. The van der Waals surface area contributed by atoms with Crippen molar-refractivity contribution in [3.8, 4) is 0 Å². The fourth-order valence-corrected chi connectivity index (χ4v) is 1.39. The van der Waals surface area contributed by atoms with Crippen LogP contribution in [0.5, 0.6) is 0 Å². The summed E-state index contributed by atoms with van der Waals surface area (Å²) < 4.78 is 21.2. The molecule has 0 saturated carbocycles. The predicted molar refractivity (Wildman–Crippen MR) is 63.3 cm³/mol. The molecule has 0 radical (unpaired) electrons. The van der Waals surface area contributed by atoms with Crippen LogP contribution in [-0.4, -0.2) is 42.4 Å². The van der Waals surface area contributed by atoms with Crippen molar-refractivity contribution in [2.75, 3.05) is 6.26 Å². The van der Waals surface area contributed by atoms with Crippen LogP contribution in [0.15, 0.2) is 0 Å². The lowest BCUT2D eigenvalue weighted by Gasteiger charge is -2.25. The Morgan fingerprint density at radius 2 is 1.65 bits per heavy atom. The van der Waals surface area contributed by atoms with E-state index in [9.17, 15) is 18.0 Å². The average Bonchev–Trinajstić information content (AvgIpc) is 2.10. The van der Waals surface area contributed by atoms with Crippen molar-refractivity contribution >= 4 is 21.7 Å². The minimum absolute atomic E-state index is 0.327. The Morgan fingerprint density at radius 1 is 1.24 bits per heavy atom. The molecule has 0 fully saturated rings. The van der Waals surface area contributed by atoms with E-state index in [0.717, 1.165) is 6.26 Å². The van der Waals surface area contributed by atoms with Gasteiger partial charge in [0.25, 0.3) is 0 Å². The number of carboxylic acid groups (broad SMARTS) is 1. The molecular weight excluding hydrogens is 246 g/mol. The first-order chi connectivity index (χ1) is 7.41. The van der Waals surface area contributed by atoms with Gasteiger partial charge >= 0.3 is 5.97 Å². The summed E-state index contributed by atoms with van der Waals surface area (Å²) in [5.74, 6) is -2.31. The molecule has 0 aromatic carbocycles. The summed E-state index contributed by atoms with van der Waals surface area (Å²) in [5.41, 5.74) is 0. The number of amides is 1. The van der Waals surface area contributed by atoms with E-state index in [1.54, 1.807) is 13.8 Å². The predicted octanol–water partition coefficient (Wildman–Crippen LogP) is 0.0350. The number of hydrogen-bond acceptors (Lipinski definition) is 4. The van der Waals surface area contributed by atoms with E-state index in [1.165, 1.54) is 13.8 Å². The largest absolute Gasteiger partial charge is 0.480 e. The molecule has 0 spiro atoms. The maximum Gasteiger partial charge on any atom is 0.326 e. The first-order valence-electron chi connectivity index (χ1n) is 5.14. The molecule has 2 N–H and O–H groups in total. The molecule has 0 aromatic heterocycles. The van der Waals surface area contributed by atoms with Crippen molar-refractivity contribution in [3.05, 3.63) is 0 Å². The number of carboxylic acids is 1. The molecule has 0 aliphatic rings. The summed E-state index contributed by atoms with van der Waals surface area (Å²) in [5, 5.41) is 11.1. The van der Waals surface area contributed by atoms with Crippen molar-refractivity contribution in [1.29, 1.82) is 0 Å². The number of hydrogen-bond donors (Lipinski definition) is 2. The third-order valence-electron chi connectivity index (χ3n) is 2.69. The van der Waals surface area contributed by atoms with E-state index < -0.39 is 32.5 Å². The zero-order chi connectivity index (χ0) is 14.0. The van der Waals surface area contributed by atoms with Crippen LogP contribution in [0.25, 0.3) is 0 Å². The van der Waals surface area contributed by atoms with E-state index >= 15 is 0 Å². The van der Waals surface area contributed by atoms with Crippen LogP contribution < -0.4 is 5.32 Å². The number of sulfone groups is 1.